The summed E-state index contributed by atoms with van der Waals surface area (Å²) in [6.45, 7) is 7.01. The molecule has 0 amide bonds. The van der Waals surface area contributed by atoms with E-state index in [9.17, 15) is 23.1 Å². The highest BCUT2D eigenvalue weighted by Gasteiger charge is 2.52. The van der Waals surface area contributed by atoms with Gasteiger partial charge in [-0.25, -0.2) is 0 Å². The molecule has 0 aromatic heterocycles. The third-order valence-electron chi connectivity index (χ3n) is 4.50. The van der Waals surface area contributed by atoms with Gasteiger partial charge in [-0.05, 0) is 44.8 Å². The van der Waals surface area contributed by atoms with Crippen LogP contribution in [0.25, 0.3) is 6.08 Å². The zero-order chi connectivity index (χ0) is 19.0. The second-order valence-electron chi connectivity index (χ2n) is 6.92. The summed E-state index contributed by atoms with van der Waals surface area (Å²) in [5, 5.41) is 9.62. The Labute approximate surface area is 144 Å². The number of rotatable bonds is 4. The maximum atomic E-state index is 12.6. The summed E-state index contributed by atoms with van der Waals surface area (Å²) in [5.41, 5.74) is -0.989. The van der Waals surface area contributed by atoms with Gasteiger partial charge in [0.1, 0.15) is 0 Å². The second-order valence-corrected chi connectivity index (χ2v) is 6.92. The Bertz CT molecular complexity index is 679. The number of carbonyl (C=O) groups excluding carboxylic acids is 1. The van der Waals surface area contributed by atoms with Crippen molar-refractivity contribution in [1.29, 1.82) is 0 Å². The zero-order valence-electron chi connectivity index (χ0n) is 14.5. The highest BCUT2D eigenvalue weighted by molar-refractivity contribution is 6.55. The maximum absolute atomic E-state index is 12.6. The van der Waals surface area contributed by atoms with Crippen molar-refractivity contribution in [3.63, 3.8) is 0 Å². The van der Waals surface area contributed by atoms with Crippen molar-refractivity contribution < 1.29 is 32.4 Å². The van der Waals surface area contributed by atoms with Crippen LogP contribution >= 0.6 is 0 Å². The first kappa shape index (κ1) is 19.7. The molecule has 2 rings (SSSR count). The zero-order valence-corrected chi connectivity index (χ0v) is 14.5. The first-order chi connectivity index (χ1) is 11.4. The van der Waals surface area contributed by atoms with Gasteiger partial charge in [0, 0.05) is 5.56 Å². The van der Waals surface area contributed by atoms with E-state index in [0.29, 0.717) is 11.0 Å². The fourth-order valence-electron chi connectivity index (χ4n) is 2.33. The number of hydrogen-bond donors (Lipinski definition) is 1. The third kappa shape index (κ3) is 4.13. The average molecular weight is 356 g/mol. The summed E-state index contributed by atoms with van der Waals surface area (Å²) < 4.78 is 49.3. The Morgan fingerprint density at radius 1 is 1.20 bits per heavy atom. The van der Waals surface area contributed by atoms with E-state index in [1.165, 1.54) is 18.2 Å². The number of alkyl halides is 3. The lowest BCUT2D eigenvalue weighted by Crippen LogP contribution is -2.41. The molecule has 0 bridgehead atoms. The van der Waals surface area contributed by atoms with Gasteiger partial charge in [-0.3, -0.25) is 4.79 Å². The lowest BCUT2D eigenvalue weighted by Gasteiger charge is -2.32. The minimum Gasteiger partial charge on any atom is -0.400 e. The summed E-state index contributed by atoms with van der Waals surface area (Å²) in [6, 6.07) is 5.11. The van der Waals surface area contributed by atoms with Gasteiger partial charge in [-0.15, -0.1) is 0 Å². The van der Waals surface area contributed by atoms with Crippen molar-refractivity contribution >= 4 is 19.0 Å². The van der Waals surface area contributed by atoms with E-state index < -0.39 is 42.5 Å². The minimum atomic E-state index is -4.94. The molecule has 1 heterocycles. The predicted molar refractivity (Wildman–Crippen MR) is 88.0 cm³/mol. The van der Waals surface area contributed by atoms with E-state index >= 15 is 0 Å². The third-order valence-corrected chi connectivity index (χ3v) is 4.50. The summed E-state index contributed by atoms with van der Waals surface area (Å²) in [7, 11) is -0.822. The van der Waals surface area contributed by atoms with Crippen molar-refractivity contribution in [1.82, 2.24) is 0 Å². The Morgan fingerprint density at radius 3 is 2.24 bits per heavy atom. The molecule has 4 nitrogen and oxygen atoms in total. The average Bonchev–Trinajstić information content (AvgIpc) is 2.71. The van der Waals surface area contributed by atoms with Gasteiger partial charge < -0.3 is 14.4 Å². The van der Waals surface area contributed by atoms with E-state index in [2.05, 4.69) is 0 Å². The number of ketones is 1. The van der Waals surface area contributed by atoms with Crippen LogP contribution in [0.1, 0.15) is 43.6 Å². The van der Waals surface area contributed by atoms with Crippen molar-refractivity contribution in [3.8, 4) is 0 Å². The largest absolute Gasteiger partial charge is 0.492 e. The molecule has 1 aliphatic rings. The monoisotopic (exact) mass is 356 g/mol. The first-order valence-corrected chi connectivity index (χ1v) is 7.76. The molecule has 1 fully saturated rings. The molecule has 1 saturated heterocycles. The van der Waals surface area contributed by atoms with Crippen molar-refractivity contribution in [2.24, 2.45) is 0 Å². The van der Waals surface area contributed by atoms with Gasteiger partial charge in [0.2, 0.25) is 0 Å². The number of carbonyl (C=O) groups is 1. The van der Waals surface area contributed by atoms with Crippen molar-refractivity contribution in [3.05, 3.63) is 40.9 Å². The number of aliphatic hydroxyl groups is 1. The molecule has 0 saturated carbocycles. The predicted octanol–water partition coefficient (Wildman–Crippen LogP) is 3.44. The molecule has 1 N–H and O–H groups in total. The van der Waals surface area contributed by atoms with Gasteiger partial charge >= 0.3 is 13.3 Å². The SMILES string of the molecule is CC1(C)OB(C(=Cc2cccc(C(=O)C(F)(F)F)c2)CO)OC1(C)C. The van der Waals surface area contributed by atoms with Crippen LogP contribution < -0.4 is 0 Å². The van der Waals surface area contributed by atoms with Gasteiger partial charge in [-0.2, -0.15) is 13.2 Å². The molecule has 0 radical (unpaired) electrons. The number of aliphatic hydroxyl groups excluding tert-OH is 1. The normalized spacial score (nSPS) is 20.0. The topological polar surface area (TPSA) is 55.8 Å². The summed E-state index contributed by atoms with van der Waals surface area (Å²) in [5.74, 6) is -1.91. The van der Waals surface area contributed by atoms with Gasteiger partial charge in [0.25, 0.3) is 5.78 Å². The molecular formula is C17H20BF3O4. The highest BCUT2D eigenvalue weighted by atomic mass is 19.4. The van der Waals surface area contributed by atoms with Crippen molar-refractivity contribution in [2.45, 2.75) is 45.1 Å². The lowest BCUT2D eigenvalue weighted by molar-refractivity contribution is -0.0885. The maximum Gasteiger partial charge on any atom is 0.492 e. The van der Waals surface area contributed by atoms with Gasteiger partial charge in [0.05, 0.1) is 17.8 Å². The Morgan fingerprint density at radius 2 is 1.76 bits per heavy atom. The summed E-state index contributed by atoms with van der Waals surface area (Å²) in [6.07, 6.45) is -3.47. The number of benzene rings is 1. The van der Waals surface area contributed by atoms with Crippen LogP contribution in [0.3, 0.4) is 0 Å². The van der Waals surface area contributed by atoms with Gasteiger partial charge in [-0.1, -0.05) is 24.3 Å². The molecule has 8 heteroatoms. The van der Waals surface area contributed by atoms with Crippen LogP contribution in [0.5, 0.6) is 0 Å². The van der Waals surface area contributed by atoms with E-state index in [4.69, 9.17) is 9.31 Å². The fourth-order valence-corrected chi connectivity index (χ4v) is 2.33. The number of halogens is 3. The van der Waals surface area contributed by atoms with E-state index in [-0.39, 0.29) is 0 Å². The van der Waals surface area contributed by atoms with Crippen LogP contribution in [-0.2, 0) is 9.31 Å². The van der Waals surface area contributed by atoms with Crippen LogP contribution in [0.4, 0.5) is 13.2 Å². The molecule has 25 heavy (non-hydrogen) atoms. The van der Waals surface area contributed by atoms with E-state index in [1.807, 2.05) is 27.7 Å². The van der Waals surface area contributed by atoms with E-state index in [1.54, 1.807) is 0 Å². The first-order valence-electron chi connectivity index (χ1n) is 7.76. The fraction of sp³-hybridized carbons (Fsp3) is 0.471. The minimum absolute atomic E-state index is 0.342. The molecule has 0 spiro atoms. The van der Waals surface area contributed by atoms with Crippen LogP contribution in [0.15, 0.2) is 29.7 Å². The van der Waals surface area contributed by atoms with Crippen LogP contribution in [0, 0.1) is 0 Å². The molecular weight excluding hydrogens is 336 g/mol. The lowest BCUT2D eigenvalue weighted by atomic mass is 9.77. The number of hydrogen-bond acceptors (Lipinski definition) is 4. The van der Waals surface area contributed by atoms with Crippen molar-refractivity contribution in [2.75, 3.05) is 6.61 Å². The number of Topliss-reactive ketones (excluding diaryl/α,β-unsaturated/α-hetero) is 1. The standard InChI is InChI=1S/C17H20BF3O4/c1-15(2)16(3,4)25-18(24-15)13(10-22)9-11-6-5-7-12(8-11)14(23)17(19,20)21/h5-9,22H,10H2,1-4H3. The quantitative estimate of drug-likeness (QED) is 0.663. The smallest absolute Gasteiger partial charge is 0.400 e. The molecule has 0 atom stereocenters. The molecule has 1 aliphatic heterocycles. The molecule has 1 aromatic rings. The van der Waals surface area contributed by atoms with E-state index in [0.717, 1.165) is 12.1 Å². The second kappa shape index (κ2) is 6.59. The van der Waals surface area contributed by atoms with Gasteiger partial charge in [0.15, 0.2) is 0 Å². The highest BCUT2D eigenvalue weighted by Crippen LogP contribution is 2.38. The Kier molecular flexibility index (Phi) is 5.19. The molecule has 0 unspecified atom stereocenters. The van der Waals surface area contributed by atoms with Crippen LogP contribution in [0.2, 0.25) is 0 Å². The molecule has 136 valence electrons. The summed E-state index contributed by atoms with van der Waals surface area (Å²) in [4.78, 5) is 11.4. The Hall–Kier alpha value is -1.64. The summed E-state index contributed by atoms with van der Waals surface area (Å²) >= 11 is 0. The molecule has 1 aromatic carbocycles. The molecule has 0 aliphatic carbocycles. The van der Waals surface area contributed by atoms with Crippen LogP contribution in [-0.4, -0.2) is 42.0 Å². The Balaban J connectivity index is 2.31.